The molecule has 0 radical (unpaired) electrons. The Bertz CT molecular complexity index is 534. The molecular formula is C14H16BrFN2. The van der Waals surface area contributed by atoms with E-state index < -0.39 is 0 Å². The third kappa shape index (κ3) is 3.43. The van der Waals surface area contributed by atoms with Crippen LogP contribution in [-0.2, 0) is 13.0 Å². The highest BCUT2D eigenvalue weighted by molar-refractivity contribution is 9.10. The molecule has 0 aliphatic carbocycles. The second-order valence-corrected chi connectivity index (χ2v) is 5.48. The number of aromatic nitrogens is 1. The molecule has 4 heteroatoms. The van der Waals surface area contributed by atoms with Crippen molar-refractivity contribution in [3.63, 3.8) is 0 Å². The standard InChI is InChI=1S/C14H16BrFN2/c1-10(17)6-12-4-5-18(9-12)8-11-2-3-14(16)13(15)7-11/h2-5,7,9-10H,6,8,17H2,1H3. The van der Waals surface area contributed by atoms with Crippen LogP contribution in [0.15, 0.2) is 41.1 Å². The minimum atomic E-state index is -0.232. The molecule has 0 aliphatic rings. The summed E-state index contributed by atoms with van der Waals surface area (Å²) >= 11 is 3.20. The van der Waals surface area contributed by atoms with E-state index in [-0.39, 0.29) is 11.9 Å². The van der Waals surface area contributed by atoms with Gasteiger partial charge in [0.05, 0.1) is 4.47 Å². The molecule has 2 rings (SSSR count). The lowest BCUT2D eigenvalue weighted by Gasteiger charge is -2.05. The maximum absolute atomic E-state index is 13.1. The fourth-order valence-corrected chi connectivity index (χ4v) is 2.36. The Morgan fingerprint density at radius 3 is 2.78 bits per heavy atom. The minimum absolute atomic E-state index is 0.167. The zero-order valence-electron chi connectivity index (χ0n) is 10.2. The van der Waals surface area contributed by atoms with Crippen LogP contribution in [0.5, 0.6) is 0 Å². The van der Waals surface area contributed by atoms with Gasteiger partial charge in [0.15, 0.2) is 0 Å². The first-order chi connectivity index (χ1) is 8.54. The maximum Gasteiger partial charge on any atom is 0.137 e. The molecule has 0 aliphatic heterocycles. The number of hydrogen-bond acceptors (Lipinski definition) is 1. The number of halogens is 2. The Morgan fingerprint density at radius 1 is 1.33 bits per heavy atom. The molecule has 1 atom stereocenters. The van der Waals surface area contributed by atoms with E-state index in [9.17, 15) is 4.39 Å². The molecule has 0 saturated heterocycles. The Morgan fingerprint density at radius 2 is 2.11 bits per heavy atom. The summed E-state index contributed by atoms with van der Waals surface area (Å²) in [5.41, 5.74) is 8.05. The SMILES string of the molecule is CC(N)Cc1ccn(Cc2ccc(F)c(Br)c2)c1. The number of hydrogen-bond donors (Lipinski definition) is 1. The first-order valence-electron chi connectivity index (χ1n) is 5.89. The lowest BCUT2D eigenvalue weighted by atomic mass is 10.1. The normalized spacial score (nSPS) is 12.7. The number of nitrogens with zero attached hydrogens (tertiary/aromatic N) is 1. The van der Waals surface area contributed by atoms with Crippen molar-refractivity contribution in [1.82, 2.24) is 4.57 Å². The second-order valence-electron chi connectivity index (χ2n) is 4.62. The molecule has 96 valence electrons. The van der Waals surface area contributed by atoms with Crippen molar-refractivity contribution in [2.24, 2.45) is 5.73 Å². The Kier molecular flexibility index (Phi) is 4.19. The first-order valence-corrected chi connectivity index (χ1v) is 6.68. The molecule has 2 nitrogen and oxygen atoms in total. The number of rotatable bonds is 4. The van der Waals surface area contributed by atoms with E-state index >= 15 is 0 Å². The van der Waals surface area contributed by atoms with Crippen molar-refractivity contribution in [2.45, 2.75) is 25.9 Å². The van der Waals surface area contributed by atoms with Crippen LogP contribution in [0.3, 0.4) is 0 Å². The lowest BCUT2D eigenvalue weighted by molar-refractivity contribution is 0.619. The molecule has 0 spiro atoms. The van der Waals surface area contributed by atoms with Crippen molar-refractivity contribution in [3.8, 4) is 0 Å². The van der Waals surface area contributed by atoms with Crippen LogP contribution in [-0.4, -0.2) is 10.6 Å². The van der Waals surface area contributed by atoms with E-state index in [0.29, 0.717) is 4.47 Å². The summed E-state index contributed by atoms with van der Waals surface area (Å²) < 4.78 is 15.7. The predicted octanol–water partition coefficient (Wildman–Crippen LogP) is 3.33. The maximum atomic E-state index is 13.1. The highest BCUT2D eigenvalue weighted by atomic mass is 79.9. The molecule has 1 aromatic carbocycles. The van der Waals surface area contributed by atoms with Gasteiger partial charge in [-0.15, -0.1) is 0 Å². The fourth-order valence-electron chi connectivity index (χ4n) is 1.93. The summed E-state index contributed by atoms with van der Waals surface area (Å²) in [6, 6.07) is 7.32. The van der Waals surface area contributed by atoms with Crippen LogP contribution in [0.25, 0.3) is 0 Å². The van der Waals surface area contributed by atoms with E-state index in [4.69, 9.17) is 5.73 Å². The summed E-state index contributed by atoms with van der Waals surface area (Å²) in [5, 5.41) is 0. The quantitative estimate of drug-likeness (QED) is 0.922. The summed E-state index contributed by atoms with van der Waals surface area (Å²) in [4.78, 5) is 0. The van der Waals surface area contributed by atoms with Gasteiger partial charge in [-0.2, -0.15) is 0 Å². The van der Waals surface area contributed by atoms with Gasteiger partial charge in [0.2, 0.25) is 0 Å². The van der Waals surface area contributed by atoms with E-state index in [1.54, 1.807) is 12.1 Å². The van der Waals surface area contributed by atoms with Gasteiger partial charge in [-0.25, -0.2) is 4.39 Å². The van der Waals surface area contributed by atoms with Crippen molar-refractivity contribution in [3.05, 3.63) is 58.1 Å². The summed E-state index contributed by atoms with van der Waals surface area (Å²) in [7, 11) is 0. The van der Waals surface area contributed by atoms with E-state index in [0.717, 1.165) is 18.5 Å². The largest absolute Gasteiger partial charge is 0.350 e. The monoisotopic (exact) mass is 310 g/mol. The van der Waals surface area contributed by atoms with Crippen molar-refractivity contribution < 1.29 is 4.39 Å². The molecule has 1 heterocycles. The highest BCUT2D eigenvalue weighted by Crippen LogP contribution is 2.18. The molecule has 18 heavy (non-hydrogen) atoms. The fraction of sp³-hybridized carbons (Fsp3) is 0.286. The highest BCUT2D eigenvalue weighted by Gasteiger charge is 2.03. The molecule has 1 aromatic heterocycles. The average Bonchev–Trinajstić information content (AvgIpc) is 2.70. The lowest BCUT2D eigenvalue weighted by Crippen LogP contribution is -2.17. The summed E-state index contributed by atoms with van der Waals surface area (Å²) in [5.74, 6) is -0.232. The second kappa shape index (κ2) is 5.67. The van der Waals surface area contributed by atoms with Crippen molar-refractivity contribution in [2.75, 3.05) is 0 Å². The topological polar surface area (TPSA) is 30.9 Å². The molecule has 0 bridgehead atoms. The predicted molar refractivity (Wildman–Crippen MR) is 75.0 cm³/mol. The third-order valence-electron chi connectivity index (χ3n) is 2.72. The van der Waals surface area contributed by atoms with Crippen LogP contribution in [0.1, 0.15) is 18.1 Å². The van der Waals surface area contributed by atoms with Gasteiger partial charge >= 0.3 is 0 Å². The van der Waals surface area contributed by atoms with Crippen LogP contribution in [0.2, 0.25) is 0 Å². The number of benzene rings is 1. The van der Waals surface area contributed by atoms with Gasteiger partial charge in [-0.1, -0.05) is 6.07 Å². The molecule has 0 saturated carbocycles. The zero-order valence-corrected chi connectivity index (χ0v) is 11.8. The van der Waals surface area contributed by atoms with Gasteiger partial charge in [-0.05, 0) is 58.6 Å². The molecule has 1 unspecified atom stereocenters. The Labute approximate surface area is 115 Å². The van der Waals surface area contributed by atoms with Gasteiger partial charge < -0.3 is 10.3 Å². The summed E-state index contributed by atoms with van der Waals surface area (Å²) in [6.45, 7) is 2.73. The number of nitrogens with two attached hydrogens (primary N) is 1. The third-order valence-corrected chi connectivity index (χ3v) is 3.33. The van der Waals surface area contributed by atoms with Crippen LogP contribution in [0.4, 0.5) is 4.39 Å². The van der Waals surface area contributed by atoms with Crippen LogP contribution < -0.4 is 5.73 Å². The van der Waals surface area contributed by atoms with Gasteiger partial charge in [-0.3, -0.25) is 0 Å². The Balaban J connectivity index is 2.08. The van der Waals surface area contributed by atoms with Crippen molar-refractivity contribution >= 4 is 15.9 Å². The van der Waals surface area contributed by atoms with Crippen molar-refractivity contribution in [1.29, 1.82) is 0 Å². The molecule has 0 fully saturated rings. The zero-order chi connectivity index (χ0) is 13.1. The molecule has 0 amide bonds. The smallest absolute Gasteiger partial charge is 0.137 e. The summed E-state index contributed by atoms with van der Waals surface area (Å²) in [6.07, 6.45) is 4.98. The van der Waals surface area contributed by atoms with E-state index in [1.165, 1.54) is 11.6 Å². The molecule has 2 aromatic rings. The minimum Gasteiger partial charge on any atom is -0.350 e. The van der Waals surface area contributed by atoms with Crippen LogP contribution >= 0.6 is 15.9 Å². The van der Waals surface area contributed by atoms with Gasteiger partial charge in [0.1, 0.15) is 5.82 Å². The van der Waals surface area contributed by atoms with E-state index in [1.807, 2.05) is 13.1 Å². The molecule has 2 N–H and O–H groups in total. The van der Waals surface area contributed by atoms with Gasteiger partial charge in [0, 0.05) is 25.0 Å². The molecular weight excluding hydrogens is 295 g/mol. The average molecular weight is 311 g/mol. The Hall–Kier alpha value is -1.13. The first kappa shape index (κ1) is 13.3. The van der Waals surface area contributed by atoms with Gasteiger partial charge in [0.25, 0.3) is 0 Å². The van der Waals surface area contributed by atoms with Crippen LogP contribution in [0, 0.1) is 5.82 Å². The van der Waals surface area contributed by atoms with E-state index in [2.05, 4.69) is 32.8 Å².